The van der Waals surface area contributed by atoms with Crippen molar-refractivity contribution in [1.29, 1.82) is 0 Å². The fourth-order valence-corrected chi connectivity index (χ4v) is 11.5. The number of amides is 2. The predicted octanol–water partition coefficient (Wildman–Crippen LogP) is 14.9. The van der Waals surface area contributed by atoms with Gasteiger partial charge in [0.25, 0.3) is 5.91 Å². The van der Waals surface area contributed by atoms with E-state index in [4.69, 9.17) is 0 Å². The van der Waals surface area contributed by atoms with Crippen LogP contribution < -0.4 is 0 Å². The van der Waals surface area contributed by atoms with Crippen molar-refractivity contribution in [2.75, 3.05) is 26.2 Å². The van der Waals surface area contributed by atoms with Crippen LogP contribution in [0, 0.1) is 72.9 Å². The van der Waals surface area contributed by atoms with E-state index in [2.05, 4.69) is 98.5 Å². The second kappa shape index (κ2) is 30.0. The van der Waals surface area contributed by atoms with Gasteiger partial charge in [-0.25, -0.2) is 4.39 Å². The Morgan fingerprint density at radius 3 is 1.35 bits per heavy atom. The van der Waals surface area contributed by atoms with Gasteiger partial charge in [0.05, 0.1) is 0 Å². The average molecular weight is 1170 g/mol. The van der Waals surface area contributed by atoms with Crippen molar-refractivity contribution in [3.8, 4) is 47.4 Å². The van der Waals surface area contributed by atoms with Crippen LogP contribution in [0.5, 0.6) is 0 Å². The minimum Gasteiger partial charge on any atom is -0.341 e. The zero-order chi connectivity index (χ0) is 62.1. The van der Waals surface area contributed by atoms with Crippen molar-refractivity contribution in [2.24, 2.45) is 5.92 Å². The molecule has 0 radical (unpaired) electrons. The minimum atomic E-state index is -0.261. The van der Waals surface area contributed by atoms with Crippen LogP contribution in [-0.2, 0) is 30.5 Å². The molecule has 2 aliphatic heterocycles. The van der Waals surface area contributed by atoms with Crippen LogP contribution in [0.3, 0.4) is 0 Å². The fourth-order valence-electron chi connectivity index (χ4n) is 11.5. The number of hydrogen-bond donors (Lipinski definition) is 0. The van der Waals surface area contributed by atoms with Gasteiger partial charge in [-0.1, -0.05) is 103 Å². The van der Waals surface area contributed by atoms with Crippen molar-refractivity contribution in [3.63, 3.8) is 0 Å². The molecule has 5 aliphatic rings. The molecule has 1 fully saturated rings. The third-order valence-corrected chi connectivity index (χ3v) is 16.7. The molecule has 2 amide bonds. The van der Waals surface area contributed by atoms with Gasteiger partial charge in [-0.05, 0) is 238 Å². The van der Waals surface area contributed by atoms with E-state index in [9.17, 15) is 28.4 Å². The van der Waals surface area contributed by atoms with Crippen LogP contribution in [0.15, 0.2) is 176 Å². The summed E-state index contributed by atoms with van der Waals surface area (Å²) < 4.78 is 12.8. The summed E-state index contributed by atoms with van der Waals surface area (Å²) in [6, 6.07) is 55.6. The van der Waals surface area contributed by atoms with Gasteiger partial charge in [-0.3, -0.25) is 24.0 Å². The Hall–Kier alpha value is -10.1. The Labute approximate surface area is 523 Å². The summed E-state index contributed by atoms with van der Waals surface area (Å²) in [6.45, 7) is 8.74. The maximum absolute atomic E-state index is 12.9. The maximum Gasteiger partial charge on any atom is 0.254 e. The van der Waals surface area contributed by atoms with E-state index in [-0.39, 0.29) is 41.5 Å². The van der Waals surface area contributed by atoms with Gasteiger partial charge < -0.3 is 9.80 Å². The van der Waals surface area contributed by atoms with Gasteiger partial charge >= 0.3 is 0 Å². The number of fused-ring (bicyclic) bond motifs is 4. The molecule has 8 aromatic carbocycles. The third-order valence-electron chi connectivity index (χ3n) is 16.7. The Balaban J connectivity index is 0.000000133. The molecule has 0 N–H and O–H groups in total. The van der Waals surface area contributed by atoms with Gasteiger partial charge in [-0.15, -0.1) is 0 Å². The van der Waals surface area contributed by atoms with Gasteiger partial charge in [-0.2, -0.15) is 0 Å². The van der Waals surface area contributed by atoms with Gasteiger partial charge in [0.15, 0.2) is 17.3 Å². The molecule has 8 aromatic rings. The number of aryl methyl sites for hydroxylation is 5. The smallest absolute Gasteiger partial charge is 0.254 e. The molecule has 2 heterocycles. The highest BCUT2D eigenvalue weighted by Crippen LogP contribution is 2.26. The molecule has 8 heteroatoms. The van der Waals surface area contributed by atoms with Crippen molar-refractivity contribution >= 4 is 29.2 Å². The number of piperidine rings is 1. The first-order valence-corrected chi connectivity index (χ1v) is 31.0. The number of carbonyl (C=O) groups excluding carboxylic acids is 5. The first kappa shape index (κ1) is 61.9. The molecule has 442 valence electrons. The maximum atomic E-state index is 12.9. The van der Waals surface area contributed by atoms with Crippen molar-refractivity contribution in [3.05, 3.63) is 282 Å². The number of nitrogens with zero attached hydrogens (tertiary/aromatic N) is 2. The third kappa shape index (κ3) is 17.1. The highest BCUT2D eigenvalue weighted by molar-refractivity contribution is 6.00. The number of Topliss-reactive ketones (excluding diaryl/α,β-unsaturated/α-hetero) is 3. The van der Waals surface area contributed by atoms with Crippen LogP contribution in [0.25, 0.3) is 0 Å². The Bertz CT molecular complexity index is 4240. The molecule has 0 saturated carbocycles. The largest absolute Gasteiger partial charge is 0.341 e. The van der Waals surface area contributed by atoms with Crippen LogP contribution in [0.1, 0.15) is 178 Å². The average Bonchev–Trinajstić information content (AvgIpc) is 2.06. The van der Waals surface area contributed by atoms with Crippen LogP contribution in [-0.4, -0.2) is 65.1 Å². The first-order valence-electron chi connectivity index (χ1n) is 31.0. The zero-order valence-electron chi connectivity index (χ0n) is 50.9. The molecule has 13 rings (SSSR count). The summed E-state index contributed by atoms with van der Waals surface area (Å²) in [5.41, 5.74) is 17.7. The van der Waals surface area contributed by atoms with E-state index in [0.29, 0.717) is 37.3 Å². The van der Waals surface area contributed by atoms with E-state index in [1.807, 2.05) is 126 Å². The SMILES string of the molecule is CC1CCN(C(=O)CN2CCc3cc(C#Cc4ccccc4)ccc3C2=O)CC1.Cc1cccc(C#Cc2ccc3c(c2)CCCC3=O)c1.Cc1ccccc1C#Cc1ccc2c(c1)CCCC2=O.O=C1CCCc2cc(C#Cc3ccc(F)cc3)ccc21. The van der Waals surface area contributed by atoms with Crippen LogP contribution in [0.4, 0.5) is 4.39 Å². The topological polar surface area (TPSA) is 91.8 Å². The van der Waals surface area contributed by atoms with Crippen molar-refractivity contribution < 1.29 is 28.4 Å². The molecule has 0 unspecified atom stereocenters. The number of carbonyl (C=O) groups is 5. The monoisotopic (exact) mass is 1170 g/mol. The standard InChI is InChI=1S/C25H26N2O2.2C19H16O.C18H13FO/c1-19-11-14-26(15-12-19)24(28)18-27-16-13-22-17-21(9-10-23(22)25(27)29)8-7-20-5-3-2-4-6-20;1-14-4-2-5-15(12-14)8-9-16-10-11-18-17(13-16)6-3-7-19(18)20;1-14-5-2-3-6-16(14)11-9-15-10-12-18-17(13-15)7-4-8-19(18)20;19-16-9-6-13(7-10-16)4-5-14-8-11-17-15(12-14)2-1-3-18(17)20/h2-6,9-10,17,19H,11-16,18H2,1H3;2,4-5,10-13H,3,6-7H2,1H3;2-3,5-6,10,12-13H,4,7-8H2,1H3;6-12H,1-3H2. The molecule has 89 heavy (non-hydrogen) atoms. The van der Waals surface area contributed by atoms with Crippen molar-refractivity contribution in [2.45, 2.75) is 97.8 Å². The lowest BCUT2D eigenvalue weighted by molar-refractivity contribution is -0.133. The summed E-state index contributed by atoms with van der Waals surface area (Å²) in [5.74, 6) is 26.4. The van der Waals surface area contributed by atoms with Gasteiger partial charge in [0.2, 0.25) is 5.91 Å². The predicted molar refractivity (Wildman–Crippen MR) is 351 cm³/mol. The van der Waals surface area contributed by atoms with E-state index < -0.39 is 0 Å². The number of benzene rings is 8. The van der Waals surface area contributed by atoms with Crippen LogP contribution >= 0.6 is 0 Å². The Morgan fingerprint density at radius 2 is 0.843 bits per heavy atom. The van der Waals surface area contributed by atoms with E-state index >= 15 is 0 Å². The Morgan fingerprint density at radius 1 is 0.427 bits per heavy atom. The van der Waals surface area contributed by atoms with Crippen LogP contribution in [0.2, 0.25) is 0 Å². The summed E-state index contributed by atoms with van der Waals surface area (Å²) in [5, 5.41) is 0. The summed E-state index contributed by atoms with van der Waals surface area (Å²) in [7, 11) is 0. The molecule has 0 aromatic heterocycles. The van der Waals surface area contributed by atoms with E-state index in [0.717, 1.165) is 154 Å². The highest BCUT2D eigenvalue weighted by Gasteiger charge is 2.29. The number of ketones is 3. The lowest BCUT2D eigenvalue weighted by atomic mass is 9.89. The van der Waals surface area contributed by atoms with Gasteiger partial charge in [0, 0.05) is 106 Å². The van der Waals surface area contributed by atoms with Gasteiger partial charge in [0.1, 0.15) is 12.4 Å². The normalized spacial score (nSPS) is 14.5. The number of likely N-dealkylation sites (tertiary alicyclic amines) is 1. The molecule has 0 spiro atoms. The second-order valence-corrected chi connectivity index (χ2v) is 23.4. The molecular formula is C81H71FN2O5. The molecular weight excluding hydrogens is 1100 g/mol. The minimum absolute atomic E-state index is 0.0486. The van der Waals surface area contributed by atoms with Crippen molar-refractivity contribution in [1.82, 2.24) is 9.80 Å². The quantitative estimate of drug-likeness (QED) is 0.161. The van der Waals surface area contributed by atoms with E-state index in [1.165, 1.54) is 23.3 Å². The highest BCUT2D eigenvalue weighted by atomic mass is 19.1. The Kier molecular flexibility index (Phi) is 20.9. The molecule has 7 nitrogen and oxygen atoms in total. The number of rotatable bonds is 2. The first-order chi connectivity index (χ1) is 43.3. The molecule has 0 atom stereocenters. The second-order valence-electron chi connectivity index (χ2n) is 23.4. The summed E-state index contributed by atoms with van der Waals surface area (Å²) in [4.78, 5) is 64.4. The molecule has 1 saturated heterocycles. The summed E-state index contributed by atoms with van der Waals surface area (Å²) >= 11 is 0. The lowest BCUT2D eigenvalue weighted by Gasteiger charge is -2.34. The number of hydrogen-bond acceptors (Lipinski definition) is 5. The molecule has 0 bridgehead atoms. The number of halogens is 1. The zero-order valence-corrected chi connectivity index (χ0v) is 50.9. The lowest BCUT2D eigenvalue weighted by Crippen LogP contribution is -2.47. The van der Waals surface area contributed by atoms with E-state index in [1.54, 1.807) is 17.0 Å². The fraction of sp³-hybridized carbons (Fsp3) is 0.247. The molecule has 3 aliphatic carbocycles. The summed E-state index contributed by atoms with van der Waals surface area (Å²) in [6.07, 6.45) is 10.6.